The van der Waals surface area contributed by atoms with E-state index in [1.54, 1.807) is 13.0 Å². The molecule has 0 heterocycles. The lowest BCUT2D eigenvalue weighted by Gasteiger charge is -2.18. The standard InChI is InChI=1S/C18H22O6/c1-6-23-18(20)13-9-12-11(7-14(13)19)8-15(24-10(2)3)17(22-5)16(12)21-4/h7-10,19H,6H2,1-5H3. The summed E-state index contributed by atoms with van der Waals surface area (Å²) in [7, 11) is 3.02. The first kappa shape index (κ1) is 17.7. The van der Waals surface area contributed by atoms with Crippen LogP contribution in [-0.2, 0) is 4.74 Å². The van der Waals surface area contributed by atoms with Gasteiger partial charge in [-0.1, -0.05) is 0 Å². The Morgan fingerprint density at radius 2 is 1.79 bits per heavy atom. The van der Waals surface area contributed by atoms with Crippen molar-refractivity contribution in [2.24, 2.45) is 0 Å². The first-order chi connectivity index (χ1) is 11.4. The van der Waals surface area contributed by atoms with Crippen LogP contribution in [-0.4, -0.2) is 38.0 Å². The van der Waals surface area contributed by atoms with Gasteiger partial charge in [-0.3, -0.25) is 0 Å². The second-order valence-electron chi connectivity index (χ2n) is 5.42. The van der Waals surface area contributed by atoms with Crippen molar-refractivity contribution in [2.45, 2.75) is 26.9 Å². The van der Waals surface area contributed by atoms with Crippen molar-refractivity contribution < 1.29 is 28.8 Å². The van der Waals surface area contributed by atoms with E-state index in [1.807, 2.05) is 13.8 Å². The Morgan fingerprint density at radius 3 is 2.33 bits per heavy atom. The minimum atomic E-state index is -0.597. The number of methoxy groups -OCH3 is 2. The van der Waals surface area contributed by atoms with Crippen molar-refractivity contribution in [1.82, 2.24) is 0 Å². The van der Waals surface area contributed by atoms with E-state index in [9.17, 15) is 9.90 Å². The summed E-state index contributed by atoms with van der Waals surface area (Å²) < 4.78 is 21.6. The fraction of sp³-hybridized carbons (Fsp3) is 0.389. The second-order valence-corrected chi connectivity index (χ2v) is 5.42. The van der Waals surface area contributed by atoms with Gasteiger partial charge in [0.05, 0.1) is 26.9 Å². The normalized spacial score (nSPS) is 10.8. The largest absolute Gasteiger partial charge is 0.507 e. The van der Waals surface area contributed by atoms with E-state index in [4.69, 9.17) is 18.9 Å². The van der Waals surface area contributed by atoms with Crippen molar-refractivity contribution in [1.29, 1.82) is 0 Å². The number of carbonyl (C=O) groups excluding carboxylic acids is 1. The average Bonchev–Trinajstić information content (AvgIpc) is 2.52. The molecule has 0 aliphatic rings. The van der Waals surface area contributed by atoms with Crippen LogP contribution >= 0.6 is 0 Å². The predicted octanol–water partition coefficient (Wildman–Crippen LogP) is 3.53. The van der Waals surface area contributed by atoms with E-state index < -0.39 is 5.97 Å². The summed E-state index contributed by atoms with van der Waals surface area (Å²) in [6.45, 7) is 5.72. The molecule has 6 heteroatoms. The first-order valence-electron chi connectivity index (χ1n) is 7.68. The summed E-state index contributed by atoms with van der Waals surface area (Å²) in [6, 6.07) is 4.76. The number of hydrogen-bond acceptors (Lipinski definition) is 6. The zero-order chi connectivity index (χ0) is 17.9. The third-order valence-corrected chi connectivity index (χ3v) is 3.40. The highest BCUT2D eigenvalue weighted by Gasteiger charge is 2.21. The summed E-state index contributed by atoms with van der Waals surface area (Å²) in [6.07, 6.45) is -0.0616. The maximum Gasteiger partial charge on any atom is 0.341 e. The molecule has 2 aromatic carbocycles. The molecule has 0 bridgehead atoms. The van der Waals surface area contributed by atoms with E-state index in [0.29, 0.717) is 28.0 Å². The van der Waals surface area contributed by atoms with Crippen LogP contribution in [0.1, 0.15) is 31.1 Å². The van der Waals surface area contributed by atoms with Crippen LogP contribution in [0.4, 0.5) is 0 Å². The van der Waals surface area contributed by atoms with E-state index in [0.717, 1.165) is 0 Å². The molecule has 0 aliphatic carbocycles. The number of carbonyl (C=O) groups is 1. The predicted molar refractivity (Wildman–Crippen MR) is 90.4 cm³/mol. The Bertz CT molecular complexity index is 751. The summed E-state index contributed by atoms with van der Waals surface area (Å²) in [5.74, 6) is 0.597. The lowest BCUT2D eigenvalue weighted by molar-refractivity contribution is 0.0523. The van der Waals surface area contributed by atoms with Crippen molar-refractivity contribution in [3.8, 4) is 23.0 Å². The summed E-state index contributed by atoms with van der Waals surface area (Å²) in [4.78, 5) is 12.0. The van der Waals surface area contributed by atoms with Crippen molar-refractivity contribution in [3.63, 3.8) is 0 Å². The minimum Gasteiger partial charge on any atom is -0.507 e. The molecule has 0 atom stereocenters. The SMILES string of the molecule is CCOC(=O)c1cc2c(OC)c(OC)c(OC(C)C)cc2cc1O. The van der Waals surface area contributed by atoms with Crippen molar-refractivity contribution in [3.05, 3.63) is 23.8 Å². The number of ether oxygens (including phenoxy) is 4. The van der Waals surface area contributed by atoms with Crippen molar-refractivity contribution >= 4 is 16.7 Å². The fourth-order valence-corrected chi connectivity index (χ4v) is 2.47. The summed E-state index contributed by atoms with van der Waals surface area (Å²) in [5, 5.41) is 11.4. The van der Waals surface area contributed by atoms with Gasteiger partial charge >= 0.3 is 5.97 Å². The van der Waals surface area contributed by atoms with E-state index in [1.165, 1.54) is 26.4 Å². The second kappa shape index (κ2) is 7.29. The van der Waals surface area contributed by atoms with Crippen LogP contribution in [0.15, 0.2) is 18.2 Å². The highest BCUT2D eigenvalue weighted by molar-refractivity contribution is 6.02. The third-order valence-electron chi connectivity index (χ3n) is 3.40. The molecule has 0 radical (unpaired) electrons. The number of phenolic OH excluding ortho intramolecular Hbond substituents is 1. The molecule has 2 rings (SSSR count). The first-order valence-corrected chi connectivity index (χ1v) is 7.68. The number of hydrogen-bond donors (Lipinski definition) is 1. The molecule has 0 amide bonds. The lowest BCUT2D eigenvalue weighted by Crippen LogP contribution is -2.08. The number of phenols is 1. The van der Waals surface area contributed by atoms with Gasteiger partial charge in [-0.2, -0.15) is 0 Å². The molecule has 0 fully saturated rings. The van der Waals surface area contributed by atoms with Gasteiger partial charge in [0.2, 0.25) is 5.75 Å². The maximum absolute atomic E-state index is 12.0. The van der Waals surface area contributed by atoms with E-state index in [2.05, 4.69) is 0 Å². The molecular formula is C18H22O6. The Labute approximate surface area is 140 Å². The molecule has 1 N–H and O–H groups in total. The lowest BCUT2D eigenvalue weighted by atomic mass is 10.0. The number of aromatic hydroxyl groups is 1. The van der Waals surface area contributed by atoms with Crippen LogP contribution in [0.25, 0.3) is 10.8 Å². The van der Waals surface area contributed by atoms with E-state index in [-0.39, 0.29) is 24.0 Å². The fourth-order valence-electron chi connectivity index (χ4n) is 2.47. The Hall–Kier alpha value is -2.63. The van der Waals surface area contributed by atoms with Gasteiger partial charge < -0.3 is 24.1 Å². The number of benzene rings is 2. The van der Waals surface area contributed by atoms with Gasteiger partial charge in [-0.25, -0.2) is 4.79 Å². The zero-order valence-corrected chi connectivity index (χ0v) is 14.5. The number of esters is 1. The molecule has 2 aromatic rings. The van der Waals surface area contributed by atoms with Gasteiger partial charge in [0, 0.05) is 5.39 Å². The smallest absolute Gasteiger partial charge is 0.341 e. The Balaban J connectivity index is 2.73. The molecule has 0 spiro atoms. The molecule has 0 unspecified atom stereocenters. The van der Waals surface area contributed by atoms with Gasteiger partial charge in [0.1, 0.15) is 11.3 Å². The molecule has 0 saturated heterocycles. The zero-order valence-electron chi connectivity index (χ0n) is 14.5. The van der Waals surface area contributed by atoms with E-state index >= 15 is 0 Å². The third kappa shape index (κ3) is 3.32. The maximum atomic E-state index is 12.0. The minimum absolute atomic E-state index is 0.0616. The molecule has 0 aliphatic heterocycles. The van der Waals surface area contributed by atoms with Crippen LogP contribution < -0.4 is 14.2 Å². The molecule has 0 aromatic heterocycles. The van der Waals surface area contributed by atoms with Gasteiger partial charge in [0.15, 0.2) is 11.5 Å². The molecule has 0 saturated carbocycles. The molecular weight excluding hydrogens is 312 g/mol. The Morgan fingerprint density at radius 1 is 1.12 bits per heavy atom. The highest BCUT2D eigenvalue weighted by Crippen LogP contribution is 2.45. The van der Waals surface area contributed by atoms with Crippen molar-refractivity contribution in [2.75, 3.05) is 20.8 Å². The van der Waals surface area contributed by atoms with Gasteiger partial charge in [0.25, 0.3) is 0 Å². The monoisotopic (exact) mass is 334 g/mol. The molecule has 24 heavy (non-hydrogen) atoms. The van der Waals surface area contributed by atoms with Crippen LogP contribution in [0.2, 0.25) is 0 Å². The molecule has 6 nitrogen and oxygen atoms in total. The average molecular weight is 334 g/mol. The van der Waals surface area contributed by atoms with Crippen LogP contribution in [0, 0.1) is 0 Å². The summed E-state index contributed by atoms with van der Waals surface area (Å²) >= 11 is 0. The quantitative estimate of drug-likeness (QED) is 0.815. The topological polar surface area (TPSA) is 74.2 Å². The number of fused-ring (bicyclic) bond motifs is 1. The van der Waals surface area contributed by atoms with Gasteiger partial charge in [-0.15, -0.1) is 0 Å². The number of rotatable bonds is 6. The highest BCUT2D eigenvalue weighted by atomic mass is 16.5. The van der Waals surface area contributed by atoms with Gasteiger partial charge in [-0.05, 0) is 44.4 Å². The van der Waals surface area contributed by atoms with Crippen LogP contribution in [0.3, 0.4) is 0 Å². The van der Waals surface area contributed by atoms with Crippen LogP contribution in [0.5, 0.6) is 23.0 Å². The summed E-state index contributed by atoms with van der Waals surface area (Å²) in [5.41, 5.74) is 0.0715. The molecule has 130 valence electrons. The Kier molecular flexibility index (Phi) is 5.39.